The summed E-state index contributed by atoms with van der Waals surface area (Å²) in [5.74, 6) is -1.21. The zero-order valence-corrected chi connectivity index (χ0v) is 42.5. The van der Waals surface area contributed by atoms with Crippen LogP contribution >= 0.6 is 0 Å². The first-order valence-corrected chi connectivity index (χ1v) is 22.1. The summed E-state index contributed by atoms with van der Waals surface area (Å²) in [6.45, 7) is 18.2. The van der Waals surface area contributed by atoms with Gasteiger partial charge in [-0.15, -0.1) is 18.0 Å². The molecule has 0 bridgehead atoms. The third kappa shape index (κ3) is 21.7. The van der Waals surface area contributed by atoms with E-state index in [1.54, 1.807) is 26.6 Å². The first-order valence-electron chi connectivity index (χ1n) is 22.1. The maximum atomic E-state index is 9.78. The molecule has 2 aliphatic heterocycles. The van der Waals surface area contributed by atoms with Gasteiger partial charge in [0.05, 0.1) is 87.1 Å². The summed E-state index contributed by atoms with van der Waals surface area (Å²) in [6, 6.07) is 3.63. The van der Waals surface area contributed by atoms with Crippen LogP contribution in [0.25, 0.3) is 12.2 Å². The third-order valence-electron chi connectivity index (χ3n) is 9.89. The van der Waals surface area contributed by atoms with Crippen molar-refractivity contribution in [2.45, 2.75) is 80.1 Å². The van der Waals surface area contributed by atoms with Gasteiger partial charge < -0.3 is 63.4 Å². The number of hydrogen-bond donors (Lipinski definition) is 2. The summed E-state index contributed by atoms with van der Waals surface area (Å²) in [7, 11) is 3.26. The van der Waals surface area contributed by atoms with E-state index in [0.717, 1.165) is 72.6 Å². The van der Waals surface area contributed by atoms with Crippen molar-refractivity contribution in [2.75, 3.05) is 86.8 Å². The zero-order chi connectivity index (χ0) is 48.9. The molecule has 369 valence electrons. The number of allylic oxidation sites excluding steroid dienone is 3. The van der Waals surface area contributed by atoms with Crippen LogP contribution in [0.4, 0.5) is 11.4 Å². The van der Waals surface area contributed by atoms with Crippen LogP contribution in [-0.2, 0) is 41.4 Å². The molecule has 17 nitrogen and oxygen atoms in total. The summed E-state index contributed by atoms with van der Waals surface area (Å²) in [5, 5.41) is 36.9. The van der Waals surface area contributed by atoms with E-state index in [4.69, 9.17) is 73.2 Å². The Labute approximate surface area is 427 Å². The van der Waals surface area contributed by atoms with Crippen LogP contribution in [0.15, 0.2) is 66.7 Å². The maximum absolute atomic E-state index is 9.78. The number of nitrogens with zero attached hydrogens (tertiary/aromatic N) is 5. The maximum Gasteiger partial charge on any atom is 3.00 e. The largest absolute Gasteiger partial charge is 3.00 e. The van der Waals surface area contributed by atoms with Crippen molar-refractivity contribution < 1.29 is 98.4 Å². The number of carboxylic acid groups (broad SMARTS) is 2. The predicted molar refractivity (Wildman–Crippen MR) is 255 cm³/mol. The van der Waals surface area contributed by atoms with E-state index in [0.29, 0.717) is 94.0 Å². The Hall–Kier alpha value is -4.24. The Morgan fingerprint density at radius 1 is 0.761 bits per heavy atom. The van der Waals surface area contributed by atoms with Crippen LogP contribution in [0.3, 0.4) is 0 Å². The number of benzene rings is 1. The van der Waals surface area contributed by atoms with Crippen LogP contribution in [0, 0.1) is 39.9 Å². The predicted octanol–water partition coefficient (Wildman–Crippen LogP) is 4.54. The average molecular weight is 1080 g/mol. The third-order valence-corrected chi connectivity index (χ3v) is 9.89. The monoisotopic (exact) mass is 1080 g/mol. The van der Waals surface area contributed by atoms with E-state index in [1.807, 2.05) is 32.1 Å². The van der Waals surface area contributed by atoms with Crippen LogP contribution < -0.4 is 24.7 Å². The first-order chi connectivity index (χ1) is 31.8. The van der Waals surface area contributed by atoms with Crippen LogP contribution in [0.2, 0.25) is 0 Å². The molecule has 0 saturated carbocycles. The Bertz CT molecular complexity index is 2080. The Morgan fingerprint density at radius 2 is 1.24 bits per heavy atom. The van der Waals surface area contributed by atoms with Gasteiger partial charge in [0.2, 0.25) is 0 Å². The summed E-state index contributed by atoms with van der Waals surface area (Å²) < 4.78 is 33.9. The molecule has 2 N–H and O–H groups in total. The average Bonchev–Trinajstić information content (AvgIpc) is 3.92. The number of carboxylic acids is 2. The quantitative estimate of drug-likeness (QED) is 0.0881. The van der Waals surface area contributed by atoms with Gasteiger partial charge in [0, 0.05) is 51.5 Å². The molecule has 1 aromatic heterocycles. The van der Waals surface area contributed by atoms with Gasteiger partial charge in [-0.05, 0) is 88.5 Å². The standard InChI is InChI=1S/C45H62N5O8.2C2H4O2.Gd/c1-8-34-35(9-2)38(49-37(34)10-3)25-39-36(14-12-16-52)32(5)43(50-39)30-48-41-27-45(58-24-22-56-20-18-54-7)44(57-23-21-55-19-17-53-6)26-40(41)47-29-42-31(4)33(28-46-42)13-11-15-51;2*1-2(3)4;/h10,25-27,29-30,51-52H,3,8-9,11-24,28H2,1-2,4-7H3;2*1H3,(H,3,4);/q-1;;;+3/p-2/b39-25-,47-29?,48-30?;;;. The van der Waals surface area contributed by atoms with Gasteiger partial charge in [0.15, 0.2) is 11.5 Å². The molecule has 0 unspecified atom stereocenters. The number of hydrogen-bond acceptors (Lipinski definition) is 16. The van der Waals surface area contributed by atoms with Crippen molar-refractivity contribution in [1.29, 1.82) is 0 Å². The Morgan fingerprint density at radius 3 is 1.72 bits per heavy atom. The Kier molecular flexibility index (Phi) is 31.7. The van der Waals surface area contributed by atoms with E-state index in [9.17, 15) is 10.2 Å². The van der Waals surface area contributed by atoms with Gasteiger partial charge >= 0.3 is 39.9 Å². The van der Waals surface area contributed by atoms with Gasteiger partial charge in [-0.3, -0.25) is 15.0 Å². The number of ether oxygens (including phenoxy) is 6. The van der Waals surface area contributed by atoms with E-state index in [2.05, 4.69) is 26.5 Å². The van der Waals surface area contributed by atoms with Gasteiger partial charge in [0.1, 0.15) is 13.2 Å². The van der Waals surface area contributed by atoms with Crippen LogP contribution in [0.1, 0.15) is 89.7 Å². The summed E-state index contributed by atoms with van der Waals surface area (Å²) in [6.07, 6.45) is 11.8. The number of methoxy groups -OCH3 is 2. The van der Waals surface area contributed by atoms with Crippen molar-refractivity contribution in [3.63, 3.8) is 0 Å². The fourth-order valence-electron chi connectivity index (χ4n) is 6.66. The molecule has 67 heavy (non-hydrogen) atoms. The minimum Gasteiger partial charge on any atom is -0.657 e. The minimum absolute atomic E-state index is 0. The number of aromatic nitrogens is 1. The van der Waals surface area contributed by atoms with Crippen molar-refractivity contribution in [1.82, 2.24) is 4.98 Å². The van der Waals surface area contributed by atoms with Gasteiger partial charge in [-0.2, -0.15) is 0 Å². The molecule has 4 rings (SSSR count). The molecule has 0 fully saturated rings. The van der Waals surface area contributed by atoms with E-state index in [-0.39, 0.29) is 66.4 Å². The molecular formula is C49H68GdN5O12. The molecule has 2 aromatic rings. The second kappa shape index (κ2) is 35.0. The molecule has 0 saturated heterocycles. The molecule has 18 heteroatoms. The number of carbonyl (C=O) groups excluding carboxylic acids is 2. The number of aliphatic hydroxyl groups is 2. The van der Waals surface area contributed by atoms with E-state index >= 15 is 0 Å². The van der Waals surface area contributed by atoms with Crippen molar-refractivity contribution in [3.05, 3.63) is 69.2 Å². The van der Waals surface area contributed by atoms with Gasteiger partial charge in [-0.25, -0.2) is 4.99 Å². The number of rotatable bonds is 28. The van der Waals surface area contributed by atoms with Crippen LogP contribution in [-0.4, -0.2) is 133 Å². The molecule has 1 aromatic carbocycles. The first kappa shape index (κ1) is 60.8. The van der Waals surface area contributed by atoms with Gasteiger partial charge in [-0.1, -0.05) is 37.1 Å². The summed E-state index contributed by atoms with van der Waals surface area (Å²) in [4.78, 5) is 42.4. The molecule has 3 heterocycles. The molecule has 0 spiro atoms. The number of aliphatic imine (C=N–C) groups is 4. The molecular weight excluding hydrogens is 1010 g/mol. The molecule has 0 atom stereocenters. The van der Waals surface area contributed by atoms with Crippen LogP contribution in [0.5, 0.6) is 11.5 Å². The summed E-state index contributed by atoms with van der Waals surface area (Å²) in [5.41, 5.74) is 11.9. The van der Waals surface area contributed by atoms with E-state index < -0.39 is 11.9 Å². The second-order valence-electron chi connectivity index (χ2n) is 14.7. The normalized spacial score (nSPS) is 13.9. The number of aliphatic hydroxyl groups excluding tert-OH is 2. The minimum atomic E-state index is -1.08. The summed E-state index contributed by atoms with van der Waals surface area (Å²) >= 11 is 0. The number of aliphatic carboxylic acids is 2. The molecule has 2 aliphatic rings. The second-order valence-corrected chi connectivity index (χ2v) is 14.7. The topological polar surface area (TPSA) is 240 Å². The fourth-order valence-corrected chi connectivity index (χ4v) is 6.66. The number of carbonyl (C=O) groups is 2. The molecule has 0 amide bonds. The van der Waals surface area contributed by atoms with Crippen molar-refractivity contribution in [2.24, 2.45) is 20.0 Å². The Balaban J connectivity index is 0.00000230. The zero-order valence-electron chi connectivity index (χ0n) is 40.3. The molecule has 1 radical (unpaired) electrons. The van der Waals surface area contributed by atoms with Gasteiger partial charge in [0.25, 0.3) is 0 Å². The van der Waals surface area contributed by atoms with E-state index in [1.165, 1.54) is 16.7 Å². The molecule has 0 aliphatic carbocycles. The SMILES string of the molecule is C=Cc1[n-]c(/C=C2\N=C(C=Nc3cc(OCCOCCOC)c(OCCOCCOC)cc3N=CC3=NCC(CCCO)=C3C)C(C)=C2CCCO)c(CC)c1CC.CC(=O)[O-].CC(=O)[O-].[Gd+3]. The smallest absolute Gasteiger partial charge is 0.657 e. The van der Waals surface area contributed by atoms with Crippen molar-refractivity contribution in [3.8, 4) is 11.5 Å². The fraction of sp³-hybridized carbons (Fsp3) is 0.510. The van der Waals surface area contributed by atoms with Crippen molar-refractivity contribution >= 4 is 59.3 Å².